The minimum atomic E-state index is -0.812. The van der Waals surface area contributed by atoms with Crippen molar-refractivity contribution in [3.8, 4) is 5.75 Å². The van der Waals surface area contributed by atoms with Crippen LogP contribution in [0.4, 0.5) is 10.5 Å². The van der Waals surface area contributed by atoms with Gasteiger partial charge in [0.1, 0.15) is 18.5 Å². The largest absolute Gasteiger partial charge is 0.468 e. The minimum Gasteiger partial charge on any atom is -0.468 e. The summed E-state index contributed by atoms with van der Waals surface area (Å²) in [6.07, 6.45) is 2.85. The number of methoxy groups -OCH3 is 1. The molecule has 1 aromatic carbocycles. The Morgan fingerprint density at radius 3 is 2.57 bits per heavy atom. The fourth-order valence-electron chi connectivity index (χ4n) is 3.74. The Morgan fingerprint density at radius 2 is 1.94 bits per heavy atom. The van der Waals surface area contributed by atoms with Gasteiger partial charge in [0.2, 0.25) is 0 Å². The number of ether oxygens (including phenoxy) is 5. The molecule has 1 unspecified atom stereocenters. The number of amides is 2. The summed E-state index contributed by atoms with van der Waals surface area (Å²) in [6, 6.07) is 3.45. The number of benzene rings is 1. The summed E-state index contributed by atoms with van der Waals surface area (Å²) >= 11 is 0. The lowest BCUT2D eigenvalue weighted by atomic mass is 9.96. The monoisotopic (exact) mass is 488 g/mol. The molecule has 0 saturated heterocycles. The second-order valence-electron chi connectivity index (χ2n) is 7.47. The van der Waals surface area contributed by atoms with Crippen LogP contribution in [0.15, 0.2) is 56.2 Å². The van der Waals surface area contributed by atoms with E-state index in [2.05, 4.69) is 25.1 Å². The molecule has 0 fully saturated rings. The zero-order valence-electron chi connectivity index (χ0n) is 20.1. The SMILES string of the molecule is C=CCOC(=O)N[C@H]1c2cc(OCOCCOC)ccc2N(C(=O)C=C)[C@@H]1C(CC=C)OC(C)=O. The summed E-state index contributed by atoms with van der Waals surface area (Å²) in [6.45, 7) is 12.9. The zero-order valence-corrected chi connectivity index (χ0v) is 20.1. The predicted octanol–water partition coefficient (Wildman–Crippen LogP) is 3.05. The van der Waals surface area contributed by atoms with Gasteiger partial charge >= 0.3 is 12.1 Å². The van der Waals surface area contributed by atoms with E-state index in [1.165, 1.54) is 17.9 Å². The van der Waals surface area contributed by atoms with Crippen molar-refractivity contribution in [2.45, 2.75) is 31.5 Å². The molecule has 1 aliphatic rings. The highest BCUT2D eigenvalue weighted by molar-refractivity contribution is 6.04. The Hall–Kier alpha value is -3.63. The van der Waals surface area contributed by atoms with E-state index in [9.17, 15) is 14.4 Å². The van der Waals surface area contributed by atoms with Crippen molar-refractivity contribution in [2.24, 2.45) is 0 Å². The maximum Gasteiger partial charge on any atom is 0.408 e. The lowest BCUT2D eigenvalue weighted by molar-refractivity contribution is -0.148. The normalized spacial score (nSPS) is 17.0. The van der Waals surface area contributed by atoms with Crippen LogP contribution in [0.5, 0.6) is 5.75 Å². The molecule has 3 atom stereocenters. The topological polar surface area (TPSA) is 113 Å². The molecule has 190 valence electrons. The fourth-order valence-corrected chi connectivity index (χ4v) is 3.74. The highest BCUT2D eigenvalue weighted by atomic mass is 16.7. The number of nitrogens with zero attached hydrogens (tertiary/aromatic N) is 1. The highest BCUT2D eigenvalue weighted by Gasteiger charge is 2.47. The molecule has 10 heteroatoms. The molecule has 1 heterocycles. The van der Waals surface area contributed by atoms with E-state index >= 15 is 0 Å². The first-order valence-corrected chi connectivity index (χ1v) is 11.0. The van der Waals surface area contributed by atoms with Crippen LogP contribution in [0.1, 0.15) is 24.9 Å². The molecule has 2 rings (SSSR count). The van der Waals surface area contributed by atoms with Crippen molar-refractivity contribution in [3.05, 3.63) is 61.7 Å². The van der Waals surface area contributed by atoms with Crippen LogP contribution in [-0.2, 0) is 28.5 Å². The van der Waals surface area contributed by atoms with Gasteiger partial charge in [0.25, 0.3) is 5.91 Å². The number of rotatable bonds is 14. The lowest BCUT2D eigenvalue weighted by Crippen LogP contribution is -2.51. The lowest BCUT2D eigenvalue weighted by Gasteiger charge is -2.33. The molecule has 0 bridgehead atoms. The third-order valence-electron chi connectivity index (χ3n) is 5.09. The molecule has 0 spiro atoms. The van der Waals surface area contributed by atoms with Crippen LogP contribution >= 0.6 is 0 Å². The highest BCUT2D eigenvalue weighted by Crippen LogP contribution is 2.44. The quantitative estimate of drug-likeness (QED) is 0.140. The Balaban J connectivity index is 2.48. The van der Waals surface area contributed by atoms with E-state index < -0.39 is 36.2 Å². The van der Waals surface area contributed by atoms with Gasteiger partial charge in [-0.25, -0.2) is 4.79 Å². The molecule has 1 aromatic rings. The second kappa shape index (κ2) is 13.9. The summed E-state index contributed by atoms with van der Waals surface area (Å²) < 4.78 is 26.6. The summed E-state index contributed by atoms with van der Waals surface area (Å²) in [5.41, 5.74) is 1.07. The molecule has 35 heavy (non-hydrogen) atoms. The molecule has 0 radical (unpaired) electrons. The average Bonchev–Trinajstić information content (AvgIpc) is 3.14. The van der Waals surface area contributed by atoms with Crippen molar-refractivity contribution in [1.29, 1.82) is 0 Å². The number of esters is 1. The summed E-state index contributed by atoms with van der Waals surface area (Å²) in [7, 11) is 1.57. The summed E-state index contributed by atoms with van der Waals surface area (Å²) in [5, 5.41) is 2.79. The van der Waals surface area contributed by atoms with Crippen LogP contribution in [0.3, 0.4) is 0 Å². The number of fused-ring (bicyclic) bond motifs is 1. The van der Waals surface area contributed by atoms with E-state index in [0.29, 0.717) is 30.2 Å². The number of hydrogen-bond donors (Lipinski definition) is 1. The van der Waals surface area contributed by atoms with Crippen LogP contribution in [0.2, 0.25) is 0 Å². The Morgan fingerprint density at radius 1 is 1.17 bits per heavy atom. The fraction of sp³-hybridized carbons (Fsp3) is 0.400. The maximum absolute atomic E-state index is 13.0. The number of nitrogens with one attached hydrogen (secondary N) is 1. The molecule has 0 aromatic heterocycles. The predicted molar refractivity (Wildman–Crippen MR) is 129 cm³/mol. The third kappa shape index (κ3) is 7.43. The summed E-state index contributed by atoms with van der Waals surface area (Å²) in [5.74, 6) is -0.520. The molecule has 1 aliphatic heterocycles. The number of alkyl carbamates (subject to hydrolysis) is 1. The molecular weight excluding hydrogens is 456 g/mol. The van der Waals surface area contributed by atoms with Crippen LogP contribution < -0.4 is 15.0 Å². The third-order valence-corrected chi connectivity index (χ3v) is 5.09. The number of anilines is 1. The zero-order chi connectivity index (χ0) is 25.8. The molecule has 2 amide bonds. The van der Waals surface area contributed by atoms with Gasteiger partial charge in [-0.15, -0.1) is 6.58 Å². The molecule has 10 nitrogen and oxygen atoms in total. The van der Waals surface area contributed by atoms with E-state index in [4.69, 9.17) is 23.7 Å². The number of hydrogen-bond acceptors (Lipinski definition) is 8. The van der Waals surface area contributed by atoms with Crippen LogP contribution in [-0.4, -0.2) is 63.8 Å². The smallest absolute Gasteiger partial charge is 0.408 e. The first-order valence-electron chi connectivity index (χ1n) is 11.0. The first-order chi connectivity index (χ1) is 16.9. The van der Waals surface area contributed by atoms with Gasteiger partial charge < -0.3 is 29.0 Å². The second-order valence-corrected chi connectivity index (χ2v) is 7.47. The number of carbonyl (C=O) groups is 3. The van der Waals surface area contributed by atoms with Gasteiger partial charge in [-0.05, 0) is 24.3 Å². The van der Waals surface area contributed by atoms with Gasteiger partial charge in [-0.3, -0.25) is 14.5 Å². The van der Waals surface area contributed by atoms with Crippen LogP contribution in [0, 0.1) is 0 Å². The molecule has 1 N–H and O–H groups in total. The van der Waals surface area contributed by atoms with Gasteiger partial charge in [0.15, 0.2) is 6.79 Å². The maximum atomic E-state index is 13.0. The summed E-state index contributed by atoms with van der Waals surface area (Å²) in [4.78, 5) is 38.8. The van der Waals surface area contributed by atoms with E-state index in [1.54, 1.807) is 31.4 Å². The van der Waals surface area contributed by atoms with Crippen LogP contribution in [0.25, 0.3) is 0 Å². The molecular formula is C25H32N2O8. The van der Waals surface area contributed by atoms with Crippen molar-refractivity contribution in [3.63, 3.8) is 0 Å². The standard InChI is InChI=1S/C25H32N2O8/c1-6-9-21(35-17(4)28)24-23(26-25(30)33-12-7-2)19-15-18(34-16-32-14-13-31-5)10-11-20(19)27(24)22(29)8-3/h6-8,10-11,15,21,23-24H,1-3,9,12-14,16H2,4-5H3,(H,26,30)/t21?,23-,24+/m0/s1. The number of carbonyl (C=O) groups excluding carboxylic acids is 3. The first kappa shape index (κ1) is 27.6. The van der Waals surface area contributed by atoms with Gasteiger partial charge in [0.05, 0.1) is 31.0 Å². The Bertz CT molecular complexity index is 932. The van der Waals surface area contributed by atoms with Crippen molar-refractivity contribution in [1.82, 2.24) is 5.32 Å². The average molecular weight is 489 g/mol. The van der Waals surface area contributed by atoms with E-state index in [-0.39, 0.29) is 19.8 Å². The minimum absolute atomic E-state index is 0.00657. The van der Waals surface area contributed by atoms with Gasteiger partial charge in [-0.1, -0.05) is 25.3 Å². The van der Waals surface area contributed by atoms with Crippen molar-refractivity contribution in [2.75, 3.05) is 38.6 Å². The molecule has 0 aliphatic carbocycles. The Labute approximate surface area is 205 Å². The van der Waals surface area contributed by atoms with Crippen molar-refractivity contribution < 1.29 is 38.1 Å². The Kier molecular flexibility index (Phi) is 11.0. The van der Waals surface area contributed by atoms with Gasteiger partial charge in [0, 0.05) is 26.0 Å². The van der Waals surface area contributed by atoms with Crippen molar-refractivity contribution >= 4 is 23.7 Å². The van der Waals surface area contributed by atoms with E-state index in [0.717, 1.165) is 6.08 Å². The molecule has 0 saturated carbocycles. The van der Waals surface area contributed by atoms with Gasteiger partial charge in [-0.2, -0.15) is 0 Å². The van der Waals surface area contributed by atoms with E-state index in [1.807, 2.05) is 0 Å².